The molecule has 2 aromatic rings. The molecular weight excluding hydrogens is 381 g/mol. The number of halogens is 1. The fraction of sp³-hybridized carbons (Fsp3) is 0.450. The molecule has 0 unspecified atom stereocenters. The van der Waals surface area contributed by atoms with Crippen molar-refractivity contribution >= 4 is 28.5 Å². The van der Waals surface area contributed by atoms with Gasteiger partial charge in [-0.15, -0.1) is 0 Å². The monoisotopic (exact) mass is 403 g/mol. The minimum atomic E-state index is -1.31. The molecule has 0 amide bonds. The average Bonchev–Trinajstić information content (AvgIpc) is 3.52. The zero-order valence-electron chi connectivity index (χ0n) is 15.8. The van der Waals surface area contributed by atoms with Gasteiger partial charge < -0.3 is 19.7 Å². The SMILES string of the molecule is O=C(O)CCN1CCN(c2cc3c(cc2F)c(=O)c(C(=O)O)cn3C2CC2)CC1. The number of rotatable bonds is 6. The van der Waals surface area contributed by atoms with E-state index in [1.807, 2.05) is 9.80 Å². The van der Waals surface area contributed by atoms with Gasteiger partial charge in [0.2, 0.25) is 5.43 Å². The number of aliphatic carboxylic acids is 1. The van der Waals surface area contributed by atoms with Crippen molar-refractivity contribution < 1.29 is 24.2 Å². The average molecular weight is 403 g/mol. The molecule has 9 heteroatoms. The van der Waals surface area contributed by atoms with Gasteiger partial charge in [-0.25, -0.2) is 9.18 Å². The molecule has 0 radical (unpaired) electrons. The van der Waals surface area contributed by atoms with E-state index in [2.05, 4.69) is 0 Å². The third-order valence-electron chi connectivity index (χ3n) is 5.63. The van der Waals surface area contributed by atoms with Crippen LogP contribution in [-0.2, 0) is 4.79 Å². The van der Waals surface area contributed by atoms with E-state index in [0.717, 1.165) is 18.9 Å². The van der Waals surface area contributed by atoms with Crippen LogP contribution >= 0.6 is 0 Å². The predicted molar refractivity (Wildman–Crippen MR) is 104 cm³/mol. The maximum atomic E-state index is 14.9. The Morgan fingerprint density at radius 1 is 1.10 bits per heavy atom. The lowest BCUT2D eigenvalue weighted by atomic mass is 10.1. The molecule has 1 saturated heterocycles. The largest absolute Gasteiger partial charge is 0.481 e. The number of hydrogen-bond donors (Lipinski definition) is 2. The molecule has 0 bridgehead atoms. The van der Waals surface area contributed by atoms with Gasteiger partial charge in [-0.2, -0.15) is 0 Å². The number of anilines is 1. The first-order chi connectivity index (χ1) is 13.8. The van der Waals surface area contributed by atoms with Crippen molar-refractivity contribution in [1.29, 1.82) is 0 Å². The van der Waals surface area contributed by atoms with Gasteiger partial charge in [0.25, 0.3) is 0 Å². The summed E-state index contributed by atoms with van der Waals surface area (Å²) in [5.41, 5.74) is -0.0867. The number of aromatic nitrogens is 1. The van der Waals surface area contributed by atoms with Crippen molar-refractivity contribution in [2.45, 2.75) is 25.3 Å². The minimum absolute atomic E-state index is 0.0733. The quantitative estimate of drug-likeness (QED) is 0.758. The van der Waals surface area contributed by atoms with Crippen LogP contribution in [0.2, 0.25) is 0 Å². The highest BCUT2D eigenvalue weighted by Crippen LogP contribution is 2.38. The van der Waals surface area contributed by atoms with Crippen LogP contribution in [0.15, 0.2) is 23.1 Å². The zero-order chi connectivity index (χ0) is 20.7. The first-order valence-corrected chi connectivity index (χ1v) is 9.66. The van der Waals surface area contributed by atoms with Gasteiger partial charge in [0.05, 0.1) is 17.6 Å². The topological polar surface area (TPSA) is 103 Å². The molecule has 1 aliphatic carbocycles. The maximum absolute atomic E-state index is 14.9. The Hall–Kier alpha value is -2.94. The molecule has 2 aliphatic rings. The summed E-state index contributed by atoms with van der Waals surface area (Å²) in [5, 5.41) is 18.2. The second kappa shape index (κ2) is 7.47. The van der Waals surface area contributed by atoms with Gasteiger partial charge in [-0.1, -0.05) is 0 Å². The standard InChI is InChI=1S/C20H22FN3O5/c21-15-9-13-16(24(12-1-2-12)11-14(19(13)27)20(28)29)10-17(15)23-7-5-22(6-8-23)4-3-18(25)26/h9-12H,1-8H2,(H,25,26)(H,28,29). The molecule has 154 valence electrons. The van der Waals surface area contributed by atoms with Crippen LogP contribution in [-0.4, -0.2) is 64.3 Å². The van der Waals surface area contributed by atoms with Crippen LogP contribution in [0.5, 0.6) is 0 Å². The van der Waals surface area contributed by atoms with Crippen molar-refractivity contribution in [2.24, 2.45) is 0 Å². The number of carboxylic acid groups (broad SMARTS) is 2. The number of fused-ring (bicyclic) bond motifs is 1. The smallest absolute Gasteiger partial charge is 0.341 e. The van der Waals surface area contributed by atoms with E-state index in [1.165, 1.54) is 6.20 Å². The van der Waals surface area contributed by atoms with Crippen LogP contribution in [0.4, 0.5) is 10.1 Å². The van der Waals surface area contributed by atoms with E-state index in [4.69, 9.17) is 5.11 Å². The molecule has 8 nitrogen and oxygen atoms in total. The number of hydrogen-bond acceptors (Lipinski definition) is 5. The van der Waals surface area contributed by atoms with Gasteiger partial charge in [0.1, 0.15) is 11.4 Å². The van der Waals surface area contributed by atoms with Crippen molar-refractivity contribution in [3.63, 3.8) is 0 Å². The third-order valence-corrected chi connectivity index (χ3v) is 5.63. The highest BCUT2D eigenvalue weighted by molar-refractivity contribution is 5.93. The second-order valence-corrected chi connectivity index (χ2v) is 7.61. The summed E-state index contributed by atoms with van der Waals surface area (Å²) in [6.45, 7) is 2.80. The van der Waals surface area contributed by atoms with Gasteiger partial charge in [0, 0.05) is 50.3 Å². The Morgan fingerprint density at radius 2 is 1.79 bits per heavy atom. The van der Waals surface area contributed by atoms with Crippen LogP contribution in [0.3, 0.4) is 0 Å². The molecule has 4 rings (SSSR count). The molecule has 2 fully saturated rings. The van der Waals surface area contributed by atoms with E-state index in [-0.39, 0.29) is 23.4 Å². The summed E-state index contributed by atoms with van der Waals surface area (Å²) in [5.74, 6) is -2.71. The number of carbonyl (C=O) groups is 2. The van der Waals surface area contributed by atoms with Crippen molar-refractivity contribution in [2.75, 3.05) is 37.6 Å². The maximum Gasteiger partial charge on any atom is 0.341 e. The molecule has 0 spiro atoms. The molecule has 0 atom stereocenters. The van der Waals surface area contributed by atoms with Crippen LogP contribution < -0.4 is 10.3 Å². The van der Waals surface area contributed by atoms with Crippen molar-refractivity contribution in [1.82, 2.24) is 9.47 Å². The highest BCUT2D eigenvalue weighted by atomic mass is 19.1. The molecule has 29 heavy (non-hydrogen) atoms. The fourth-order valence-electron chi connectivity index (χ4n) is 3.87. The zero-order valence-corrected chi connectivity index (χ0v) is 15.8. The Morgan fingerprint density at radius 3 is 2.38 bits per heavy atom. The lowest BCUT2D eigenvalue weighted by Crippen LogP contribution is -2.47. The molecular formula is C20H22FN3O5. The van der Waals surface area contributed by atoms with E-state index in [9.17, 15) is 23.9 Å². The summed E-state index contributed by atoms with van der Waals surface area (Å²) in [4.78, 5) is 38.6. The van der Waals surface area contributed by atoms with Gasteiger partial charge in [0.15, 0.2) is 0 Å². The Balaban J connectivity index is 1.67. The second-order valence-electron chi connectivity index (χ2n) is 7.61. The molecule has 2 heterocycles. The predicted octanol–water partition coefficient (Wildman–Crippen LogP) is 1.77. The first kappa shape index (κ1) is 19.4. The van der Waals surface area contributed by atoms with E-state index in [1.54, 1.807) is 10.6 Å². The highest BCUT2D eigenvalue weighted by Gasteiger charge is 2.28. The minimum Gasteiger partial charge on any atom is -0.481 e. The normalized spacial score (nSPS) is 17.6. The fourth-order valence-corrected chi connectivity index (χ4v) is 3.87. The van der Waals surface area contributed by atoms with Crippen LogP contribution in [0.1, 0.15) is 35.7 Å². The van der Waals surface area contributed by atoms with Crippen LogP contribution in [0, 0.1) is 5.82 Å². The van der Waals surface area contributed by atoms with Crippen LogP contribution in [0.25, 0.3) is 10.9 Å². The molecule has 1 saturated carbocycles. The van der Waals surface area contributed by atoms with Gasteiger partial charge >= 0.3 is 11.9 Å². The number of pyridine rings is 1. The molecule has 1 aromatic carbocycles. The van der Waals surface area contributed by atoms with E-state index < -0.39 is 23.2 Å². The lowest BCUT2D eigenvalue weighted by Gasteiger charge is -2.36. The summed E-state index contributed by atoms with van der Waals surface area (Å²) >= 11 is 0. The molecule has 2 N–H and O–H groups in total. The molecule has 1 aliphatic heterocycles. The summed E-state index contributed by atoms with van der Waals surface area (Å²) in [6.07, 6.45) is 3.23. The van der Waals surface area contributed by atoms with E-state index in [0.29, 0.717) is 43.9 Å². The number of piperazine rings is 1. The molecule has 1 aromatic heterocycles. The van der Waals surface area contributed by atoms with Gasteiger partial charge in [-0.3, -0.25) is 14.5 Å². The Kier molecular flexibility index (Phi) is 4.99. The Labute approximate surface area is 165 Å². The number of nitrogens with zero attached hydrogens (tertiary/aromatic N) is 3. The van der Waals surface area contributed by atoms with Crippen molar-refractivity contribution in [3.8, 4) is 0 Å². The van der Waals surface area contributed by atoms with Crippen molar-refractivity contribution in [3.05, 3.63) is 39.9 Å². The summed E-state index contributed by atoms with van der Waals surface area (Å²) < 4.78 is 16.7. The number of carboxylic acids is 2. The van der Waals surface area contributed by atoms with Gasteiger partial charge in [-0.05, 0) is 25.0 Å². The first-order valence-electron chi connectivity index (χ1n) is 9.66. The lowest BCUT2D eigenvalue weighted by molar-refractivity contribution is -0.137. The Bertz CT molecular complexity index is 1040. The third kappa shape index (κ3) is 3.82. The summed E-state index contributed by atoms with van der Waals surface area (Å²) in [7, 11) is 0. The number of aromatic carboxylic acids is 1. The summed E-state index contributed by atoms with van der Waals surface area (Å²) in [6, 6.07) is 2.92. The number of benzene rings is 1. The van der Waals surface area contributed by atoms with E-state index >= 15 is 0 Å².